The molecular formula is C10H20F3N3O2. The van der Waals surface area contributed by atoms with Crippen LogP contribution in [-0.4, -0.2) is 41.0 Å². The molecule has 0 aliphatic heterocycles. The van der Waals surface area contributed by atoms with Crippen LogP contribution in [0.3, 0.4) is 0 Å². The molecule has 0 aliphatic rings. The predicted molar refractivity (Wildman–Crippen MR) is 61.4 cm³/mol. The molecule has 0 aromatic heterocycles. The smallest absolute Gasteiger partial charge is 0.400 e. The summed E-state index contributed by atoms with van der Waals surface area (Å²) in [5.74, 6) is -2.97. The van der Waals surface area contributed by atoms with E-state index in [-0.39, 0.29) is 6.54 Å². The maximum absolute atomic E-state index is 12.6. The first-order valence-corrected chi connectivity index (χ1v) is 5.61. The van der Waals surface area contributed by atoms with Crippen molar-refractivity contribution in [1.82, 2.24) is 5.32 Å². The summed E-state index contributed by atoms with van der Waals surface area (Å²) >= 11 is 0. The predicted octanol–water partition coefficient (Wildman–Crippen LogP) is 1.05. The van der Waals surface area contributed by atoms with E-state index < -0.39 is 30.1 Å². The van der Waals surface area contributed by atoms with Crippen molar-refractivity contribution < 1.29 is 23.5 Å². The maximum atomic E-state index is 12.6. The molecule has 5 N–H and O–H groups in total. The van der Waals surface area contributed by atoms with E-state index in [1.165, 1.54) is 6.92 Å². The summed E-state index contributed by atoms with van der Waals surface area (Å²) in [5, 5.41) is 22.9. The fourth-order valence-electron chi connectivity index (χ4n) is 1.57. The molecule has 18 heavy (non-hydrogen) atoms. The third kappa shape index (κ3) is 6.06. The average molecular weight is 271 g/mol. The number of rotatable bonds is 7. The third-order valence-electron chi connectivity index (χ3n) is 2.51. The van der Waals surface area contributed by atoms with Gasteiger partial charge in [0.05, 0.1) is 5.60 Å². The van der Waals surface area contributed by atoms with E-state index in [0.717, 1.165) is 6.42 Å². The Labute approximate surface area is 104 Å². The highest BCUT2D eigenvalue weighted by atomic mass is 19.4. The normalized spacial score (nSPS) is 18.4. The summed E-state index contributed by atoms with van der Waals surface area (Å²) < 4.78 is 37.7. The van der Waals surface area contributed by atoms with Crippen molar-refractivity contribution in [3.05, 3.63) is 0 Å². The highest BCUT2D eigenvalue weighted by molar-refractivity contribution is 5.83. The lowest BCUT2D eigenvalue weighted by molar-refractivity contribution is -0.155. The van der Waals surface area contributed by atoms with E-state index in [1.54, 1.807) is 0 Å². The molecule has 2 unspecified atom stereocenters. The lowest BCUT2D eigenvalue weighted by Crippen LogP contribution is -2.46. The number of oxime groups is 1. The molecule has 0 radical (unpaired) electrons. The second-order valence-corrected chi connectivity index (χ2v) is 4.50. The largest absolute Gasteiger partial charge is 0.409 e. The minimum Gasteiger partial charge on any atom is -0.409 e. The standard InChI is InChI=1S/C10H20F3N3O2/c1-3-4-9(2,17)6-15-5-7(8(14)16-18)10(11,12)13/h7,15,17-18H,3-6H2,1-2H3,(H2,14,16). The molecule has 0 fully saturated rings. The highest BCUT2D eigenvalue weighted by Crippen LogP contribution is 2.26. The summed E-state index contributed by atoms with van der Waals surface area (Å²) in [4.78, 5) is 0. The SMILES string of the molecule is CCCC(C)(O)CNCC(C(N)=NO)C(F)(F)F. The van der Waals surface area contributed by atoms with Gasteiger partial charge in [0.1, 0.15) is 5.92 Å². The summed E-state index contributed by atoms with van der Waals surface area (Å²) in [6.07, 6.45) is -3.40. The first-order valence-electron chi connectivity index (χ1n) is 5.61. The molecule has 0 aliphatic carbocycles. The molecule has 0 saturated carbocycles. The van der Waals surface area contributed by atoms with Crippen molar-refractivity contribution in [2.45, 2.75) is 38.5 Å². The Bertz CT molecular complexity index is 280. The van der Waals surface area contributed by atoms with E-state index in [0.29, 0.717) is 6.42 Å². The lowest BCUT2D eigenvalue weighted by Gasteiger charge is -2.25. The number of nitrogens with one attached hydrogen (secondary N) is 1. The van der Waals surface area contributed by atoms with Gasteiger partial charge in [0.2, 0.25) is 0 Å². The maximum Gasteiger partial charge on any atom is 0.400 e. The van der Waals surface area contributed by atoms with E-state index in [2.05, 4.69) is 10.5 Å². The minimum atomic E-state index is -4.60. The number of amidine groups is 1. The second-order valence-electron chi connectivity index (χ2n) is 4.50. The van der Waals surface area contributed by atoms with Crippen LogP contribution in [0.2, 0.25) is 0 Å². The van der Waals surface area contributed by atoms with Gasteiger partial charge in [-0.1, -0.05) is 18.5 Å². The number of halogens is 3. The number of hydrogen-bond donors (Lipinski definition) is 4. The van der Waals surface area contributed by atoms with E-state index in [1.807, 2.05) is 6.92 Å². The summed E-state index contributed by atoms with van der Waals surface area (Å²) in [6.45, 7) is 2.87. The Balaban J connectivity index is 4.39. The second kappa shape index (κ2) is 6.79. The van der Waals surface area contributed by atoms with Gasteiger partial charge in [0.15, 0.2) is 5.84 Å². The quantitative estimate of drug-likeness (QED) is 0.241. The zero-order valence-electron chi connectivity index (χ0n) is 10.5. The zero-order valence-corrected chi connectivity index (χ0v) is 10.5. The van der Waals surface area contributed by atoms with Gasteiger partial charge in [-0.25, -0.2) is 0 Å². The van der Waals surface area contributed by atoms with Crippen molar-refractivity contribution in [3.63, 3.8) is 0 Å². The number of hydrogen-bond acceptors (Lipinski definition) is 4. The monoisotopic (exact) mass is 271 g/mol. The van der Waals surface area contributed by atoms with Crippen molar-refractivity contribution in [2.75, 3.05) is 13.1 Å². The Kier molecular flexibility index (Phi) is 6.41. The molecule has 0 rings (SSSR count). The fourth-order valence-corrected chi connectivity index (χ4v) is 1.57. The van der Waals surface area contributed by atoms with E-state index in [4.69, 9.17) is 10.9 Å². The van der Waals surface area contributed by atoms with Gasteiger partial charge in [-0.3, -0.25) is 0 Å². The Morgan fingerprint density at radius 2 is 2.00 bits per heavy atom. The molecule has 5 nitrogen and oxygen atoms in total. The molecule has 8 heteroatoms. The third-order valence-corrected chi connectivity index (χ3v) is 2.51. The van der Waals surface area contributed by atoms with Crippen LogP contribution in [0.15, 0.2) is 5.16 Å². The van der Waals surface area contributed by atoms with Gasteiger partial charge in [0.25, 0.3) is 0 Å². The van der Waals surface area contributed by atoms with Crippen LogP contribution in [0.5, 0.6) is 0 Å². The number of aliphatic hydroxyl groups is 1. The molecule has 0 aromatic rings. The Morgan fingerprint density at radius 1 is 1.44 bits per heavy atom. The zero-order chi connectivity index (χ0) is 14.4. The first kappa shape index (κ1) is 17.0. The van der Waals surface area contributed by atoms with Gasteiger partial charge < -0.3 is 21.4 Å². The van der Waals surface area contributed by atoms with Gasteiger partial charge in [-0.05, 0) is 13.3 Å². The number of alkyl halides is 3. The summed E-state index contributed by atoms with van der Waals surface area (Å²) in [7, 11) is 0. The summed E-state index contributed by atoms with van der Waals surface area (Å²) in [6, 6.07) is 0. The topological polar surface area (TPSA) is 90.9 Å². The van der Waals surface area contributed by atoms with Crippen molar-refractivity contribution in [1.29, 1.82) is 0 Å². The molecule has 0 heterocycles. The molecule has 0 amide bonds. The van der Waals surface area contributed by atoms with Crippen molar-refractivity contribution in [2.24, 2.45) is 16.8 Å². The van der Waals surface area contributed by atoms with Crippen LogP contribution in [0.4, 0.5) is 13.2 Å². The minimum absolute atomic E-state index is 0.00608. The van der Waals surface area contributed by atoms with Gasteiger partial charge >= 0.3 is 6.18 Å². The van der Waals surface area contributed by atoms with E-state index in [9.17, 15) is 18.3 Å². The molecule has 0 spiro atoms. The Morgan fingerprint density at radius 3 is 2.39 bits per heavy atom. The Hall–Kier alpha value is -1.02. The molecule has 0 bridgehead atoms. The van der Waals surface area contributed by atoms with E-state index >= 15 is 0 Å². The van der Waals surface area contributed by atoms with Gasteiger partial charge in [-0.15, -0.1) is 0 Å². The van der Waals surface area contributed by atoms with Gasteiger partial charge in [0, 0.05) is 13.1 Å². The highest BCUT2D eigenvalue weighted by Gasteiger charge is 2.42. The molecule has 2 atom stereocenters. The molecular weight excluding hydrogens is 251 g/mol. The first-order chi connectivity index (χ1) is 8.14. The van der Waals surface area contributed by atoms with Crippen LogP contribution in [-0.2, 0) is 0 Å². The van der Waals surface area contributed by atoms with Crippen LogP contribution in [0, 0.1) is 5.92 Å². The molecule has 0 aromatic carbocycles. The van der Waals surface area contributed by atoms with Crippen LogP contribution in [0.25, 0.3) is 0 Å². The molecule has 108 valence electrons. The molecule has 0 saturated heterocycles. The fraction of sp³-hybridized carbons (Fsp3) is 0.900. The van der Waals surface area contributed by atoms with Crippen LogP contribution >= 0.6 is 0 Å². The van der Waals surface area contributed by atoms with Crippen molar-refractivity contribution >= 4 is 5.84 Å². The summed E-state index contributed by atoms with van der Waals surface area (Å²) in [5.41, 5.74) is 3.92. The van der Waals surface area contributed by atoms with Crippen LogP contribution < -0.4 is 11.1 Å². The van der Waals surface area contributed by atoms with Gasteiger partial charge in [-0.2, -0.15) is 13.2 Å². The average Bonchev–Trinajstić information content (AvgIpc) is 2.21. The lowest BCUT2D eigenvalue weighted by atomic mass is 10.0. The van der Waals surface area contributed by atoms with Crippen molar-refractivity contribution in [3.8, 4) is 0 Å². The number of nitrogens with zero attached hydrogens (tertiary/aromatic N) is 1. The number of nitrogens with two attached hydrogens (primary N) is 1. The van der Waals surface area contributed by atoms with Crippen LogP contribution in [0.1, 0.15) is 26.7 Å².